The summed E-state index contributed by atoms with van der Waals surface area (Å²) in [4.78, 5) is 9.23. The summed E-state index contributed by atoms with van der Waals surface area (Å²) in [6.07, 6.45) is 1.76. The molecule has 1 aromatic heterocycles. The first-order chi connectivity index (χ1) is 10.8. The topological polar surface area (TPSA) is 66.4 Å². The molecule has 0 saturated carbocycles. The summed E-state index contributed by atoms with van der Waals surface area (Å²) < 4.78 is 12.1. The van der Waals surface area contributed by atoms with Crippen LogP contribution in [-0.2, 0) is 17.3 Å². The van der Waals surface area contributed by atoms with E-state index in [1.807, 2.05) is 48.5 Å². The molecule has 0 fully saturated rings. The van der Waals surface area contributed by atoms with E-state index in [4.69, 9.17) is 0 Å². The van der Waals surface area contributed by atoms with E-state index >= 15 is 0 Å². The minimum Gasteiger partial charge on any atom is -0.355 e. The normalized spacial score (nSPS) is 12.7. The number of hydrogen-bond donors (Lipinski definition) is 2. The predicted molar refractivity (Wildman–Crippen MR) is 90.2 cm³/mol. The second kappa shape index (κ2) is 8.94. The lowest BCUT2D eigenvalue weighted by molar-refractivity contribution is 0.681. The molecule has 2 N–H and O–H groups in total. The second-order valence-corrected chi connectivity index (χ2v) is 6.11. The van der Waals surface area contributed by atoms with Crippen LogP contribution in [0.1, 0.15) is 5.69 Å². The van der Waals surface area contributed by atoms with Crippen molar-refractivity contribution in [1.29, 1.82) is 0 Å². The maximum absolute atomic E-state index is 12.1. The third-order valence-electron chi connectivity index (χ3n) is 2.97. The first-order valence-corrected chi connectivity index (χ1v) is 8.39. The van der Waals surface area contributed by atoms with Gasteiger partial charge in [-0.05, 0) is 24.3 Å². The van der Waals surface area contributed by atoms with Crippen LogP contribution in [0.5, 0.6) is 0 Å². The number of nitrogens with one attached hydrogen (secondary N) is 2. The number of guanidine groups is 1. The average Bonchev–Trinajstić information content (AvgIpc) is 2.59. The van der Waals surface area contributed by atoms with Crippen molar-refractivity contribution in [3.63, 3.8) is 0 Å². The van der Waals surface area contributed by atoms with Crippen molar-refractivity contribution in [3.05, 3.63) is 60.4 Å². The van der Waals surface area contributed by atoms with Gasteiger partial charge < -0.3 is 10.6 Å². The highest BCUT2D eigenvalue weighted by atomic mass is 32.2. The summed E-state index contributed by atoms with van der Waals surface area (Å²) in [7, 11) is 0.711. The van der Waals surface area contributed by atoms with Gasteiger partial charge in [-0.15, -0.1) is 0 Å². The van der Waals surface area contributed by atoms with Crippen LogP contribution in [-0.4, -0.2) is 34.5 Å². The SMILES string of the molecule is CN=C(NCCS(=O)c1ccccc1)NCc1ccccn1. The van der Waals surface area contributed by atoms with Crippen LogP contribution in [0.15, 0.2) is 64.6 Å². The average molecular weight is 316 g/mol. The molecule has 0 aliphatic rings. The summed E-state index contributed by atoms with van der Waals surface area (Å²) in [5.41, 5.74) is 0.943. The molecule has 0 aliphatic heterocycles. The van der Waals surface area contributed by atoms with Crippen molar-refractivity contribution in [3.8, 4) is 0 Å². The Balaban J connectivity index is 1.74. The van der Waals surface area contributed by atoms with Gasteiger partial charge >= 0.3 is 0 Å². The van der Waals surface area contributed by atoms with Crippen LogP contribution in [0.25, 0.3) is 0 Å². The van der Waals surface area contributed by atoms with Crippen LogP contribution in [0.3, 0.4) is 0 Å². The molecular weight excluding hydrogens is 296 g/mol. The monoisotopic (exact) mass is 316 g/mol. The summed E-state index contributed by atoms with van der Waals surface area (Å²) in [6, 6.07) is 15.3. The molecule has 22 heavy (non-hydrogen) atoms. The summed E-state index contributed by atoms with van der Waals surface area (Å²) in [6.45, 7) is 1.19. The standard InChI is InChI=1S/C16H20N4OS/c1-17-16(20-13-14-7-5-6-10-18-14)19-11-12-22(21)15-8-3-2-4-9-15/h2-10H,11-13H2,1H3,(H2,17,19,20). The van der Waals surface area contributed by atoms with Crippen molar-refractivity contribution in [2.75, 3.05) is 19.3 Å². The van der Waals surface area contributed by atoms with Crippen LogP contribution >= 0.6 is 0 Å². The fraction of sp³-hybridized carbons (Fsp3) is 0.250. The number of hydrogen-bond acceptors (Lipinski definition) is 3. The van der Waals surface area contributed by atoms with E-state index in [1.54, 1.807) is 13.2 Å². The third-order valence-corrected chi connectivity index (χ3v) is 4.35. The molecule has 1 heterocycles. The first kappa shape index (κ1) is 16.2. The van der Waals surface area contributed by atoms with E-state index in [2.05, 4.69) is 20.6 Å². The van der Waals surface area contributed by atoms with Crippen molar-refractivity contribution in [2.24, 2.45) is 4.99 Å². The van der Waals surface area contributed by atoms with Gasteiger partial charge in [-0.3, -0.25) is 14.2 Å². The van der Waals surface area contributed by atoms with Gasteiger partial charge in [-0.2, -0.15) is 0 Å². The van der Waals surface area contributed by atoms with Crippen molar-refractivity contribution in [1.82, 2.24) is 15.6 Å². The zero-order valence-electron chi connectivity index (χ0n) is 12.5. The molecule has 0 spiro atoms. The fourth-order valence-corrected chi connectivity index (χ4v) is 2.83. The first-order valence-electron chi connectivity index (χ1n) is 7.07. The van der Waals surface area contributed by atoms with Gasteiger partial charge in [0.2, 0.25) is 0 Å². The quantitative estimate of drug-likeness (QED) is 0.627. The van der Waals surface area contributed by atoms with Crippen LogP contribution < -0.4 is 10.6 Å². The van der Waals surface area contributed by atoms with E-state index < -0.39 is 10.8 Å². The molecule has 1 aromatic carbocycles. The molecule has 0 radical (unpaired) electrons. The van der Waals surface area contributed by atoms with Gasteiger partial charge in [0.05, 0.1) is 23.0 Å². The lowest BCUT2D eigenvalue weighted by Gasteiger charge is -2.11. The Labute approximate surface area is 133 Å². The molecule has 0 saturated heterocycles. The Kier molecular flexibility index (Phi) is 6.57. The van der Waals surface area contributed by atoms with Gasteiger partial charge in [0.15, 0.2) is 5.96 Å². The van der Waals surface area contributed by atoms with Gasteiger partial charge in [0.25, 0.3) is 0 Å². The molecule has 2 aromatic rings. The van der Waals surface area contributed by atoms with E-state index in [-0.39, 0.29) is 0 Å². The second-order valence-electron chi connectivity index (χ2n) is 4.54. The zero-order valence-corrected chi connectivity index (χ0v) is 13.3. The van der Waals surface area contributed by atoms with E-state index in [0.717, 1.165) is 10.6 Å². The van der Waals surface area contributed by atoms with Gasteiger partial charge in [0.1, 0.15) is 0 Å². The number of aromatic nitrogens is 1. The summed E-state index contributed by atoms with van der Waals surface area (Å²) in [5, 5.41) is 6.34. The smallest absolute Gasteiger partial charge is 0.191 e. The van der Waals surface area contributed by atoms with Crippen LogP contribution in [0, 0.1) is 0 Å². The minimum atomic E-state index is -0.999. The van der Waals surface area contributed by atoms with Crippen molar-refractivity contribution < 1.29 is 4.21 Å². The number of aliphatic imine (C=N–C) groups is 1. The number of benzene rings is 1. The van der Waals surface area contributed by atoms with Gasteiger partial charge in [0, 0.05) is 30.4 Å². The molecule has 0 aliphatic carbocycles. The van der Waals surface area contributed by atoms with E-state index in [1.165, 1.54) is 0 Å². The Morgan fingerprint density at radius 2 is 1.91 bits per heavy atom. The van der Waals surface area contributed by atoms with Crippen molar-refractivity contribution >= 4 is 16.8 Å². The molecule has 0 bridgehead atoms. The predicted octanol–water partition coefficient (Wildman–Crippen LogP) is 1.55. The van der Waals surface area contributed by atoms with Gasteiger partial charge in [-0.25, -0.2) is 0 Å². The van der Waals surface area contributed by atoms with Crippen LogP contribution in [0.4, 0.5) is 0 Å². The highest BCUT2D eigenvalue weighted by Gasteiger charge is 2.04. The summed E-state index contributed by atoms with van der Waals surface area (Å²) in [5.74, 6) is 1.21. The Morgan fingerprint density at radius 1 is 1.14 bits per heavy atom. The zero-order chi connectivity index (χ0) is 15.6. The number of pyridine rings is 1. The van der Waals surface area contributed by atoms with E-state index in [9.17, 15) is 4.21 Å². The molecule has 1 atom stereocenters. The van der Waals surface area contributed by atoms with Crippen LogP contribution in [0.2, 0.25) is 0 Å². The molecular formula is C16H20N4OS. The molecule has 6 heteroatoms. The number of nitrogens with zero attached hydrogens (tertiary/aromatic N) is 2. The minimum absolute atomic E-state index is 0.536. The Morgan fingerprint density at radius 3 is 2.59 bits per heavy atom. The lowest BCUT2D eigenvalue weighted by atomic mass is 10.3. The molecule has 1 unspecified atom stereocenters. The van der Waals surface area contributed by atoms with Gasteiger partial charge in [-0.1, -0.05) is 24.3 Å². The fourth-order valence-electron chi connectivity index (χ4n) is 1.85. The maximum atomic E-state index is 12.1. The largest absolute Gasteiger partial charge is 0.355 e. The molecule has 116 valence electrons. The van der Waals surface area contributed by atoms with E-state index in [0.29, 0.717) is 24.8 Å². The molecule has 2 rings (SSSR count). The Bertz CT molecular complexity index is 617. The third kappa shape index (κ3) is 5.29. The van der Waals surface area contributed by atoms with Crippen molar-refractivity contribution in [2.45, 2.75) is 11.4 Å². The number of rotatable bonds is 6. The molecule has 5 nitrogen and oxygen atoms in total. The maximum Gasteiger partial charge on any atom is 0.191 e. The summed E-state index contributed by atoms with van der Waals surface area (Å²) >= 11 is 0. The Hall–Kier alpha value is -2.21. The highest BCUT2D eigenvalue weighted by Crippen LogP contribution is 2.04. The lowest BCUT2D eigenvalue weighted by Crippen LogP contribution is -2.38. The highest BCUT2D eigenvalue weighted by molar-refractivity contribution is 7.85. The molecule has 0 amide bonds.